The van der Waals surface area contributed by atoms with E-state index in [0.717, 1.165) is 38.9 Å². The summed E-state index contributed by atoms with van der Waals surface area (Å²) in [5, 5.41) is 1.11. The average molecular weight is 480 g/mol. The van der Waals surface area contributed by atoms with Crippen LogP contribution in [0.4, 0.5) is 0 Å². The molecule has 0 unspecified atom stereocenters. The number of carbonyl (C=O) groups excluding carboxylic acids is 2. The first-order valence-electron chi connectivity index (χ1n) is 12.2. The van der Waals surface area contributed by atoms with Gasteiger partial charge < -0.3 is 24.3 Å². The van der Waals surface area contributed by atoms with Gasteiger partial charge in [-0.05, 0) is 41.8 Å². The quantitative estimate of drug-likeness (QED) is 0.480. The van der Waals surface area contributed by atoms with E-state index >= 15 is 0 Å². The summed E-state index contributed by atoms with van der Waals surface area (Å²) < 4.78 is 10.9. The molecule has 0 saturated carbocycles. The van der Waals surface area contributed by atoms with E-state index in [9.17, 15) is 9.59 Å². The number of hydrogen-bond donors (Lipinski definition) is 1. The van der Waals surface area contributed by atoms with Crippen LogP contribution in [0.1, 0.15) is 34.0 Å². The number of aromatic amines is 1. The smallest absolute Gasteiger partial charge is 0.246 e. The molecule has 2 amide bonds. The number of H-pyrrole nitrogens is 1. The molecule has 4 heterocycles. The van der Waals surface area contributed by atoms with E-state index < -0.39 is 6.04 Å². The Hall–Kier alpha value is -4.26. The minimum absolute atomic E-state index is 0.0275. The highest BCUT2D eigenvalue weighted by molar-refractivity contribution is 5.97. The standard InChI is InChI=1S/C29H25N3O4/c1-17-6-9-19(10-7-17)28-27-21(20-4-2-3-5-22(20)30-27)13-23-29(34)31(15-26(33)32(23)28)14-18-8-11-24-25(12-18)36-16-35-24/h2-12,23,28,30H,13-16H2,1H3/t23-,28-/m0/s1. The summed E-state index contributed by atoms with van der Waals surface area (Å²) in [4.78, 5) is 34.7. The number of fused-ring (bicyclic) bond motifs is 5. The molecule has 3 aromatic carbocycles. The molecule has 1 fully saturated rings. The van der Waals surface area contributed by atoms with Gasteiger partial charge in [0, 0.05) is 29.6 Å². The number of piperazine rings is 1. The van der Waals surface area contributed by atoms with Crippen molar-refractivity contribution >= 4 is 22.7 Å². The van der Waals surface area contributed by atoms with Crippen LogP contribution < -0.4 is 9.47 Å². The summed E-state index contributed by atoms with van der Waals surface area (Å²) in [6, 6.07) is 21.2. The molecule has 2 atom stereocenters. The van der Waals surface area contributed by atoms with Gasteiger partial charge in [-0.25, -0.2) is 0 Å². The summed E-state index contributed by atoms with van der Waals surface area (Å²) >= 11 is 0. The largest absolute Gasteiger partial charge is 0.454 e. The molecule has 0 spiro atoms. The molecule has 7 heteroatoms. The first-order valence-corrected chi connectivity index (χ1v) is 12.2. The number of benzene rings is 3. The second-order valence-electron chi connectivity index (χ2n) is 9.78. The van der Waals surface area contributed by atoms with E-state index in [1.807, 2.05) is 37.3 Å². The highest BCUT2D eigenvalue weighted by Gasteiger charge is 2.48. The van der Waals surface area contributed by atoms with Crippen LogP contribution >= 0.6 is 0 Å². The number of nitrogens with zero attached hydrogens (tertiary/aromatic N) is 2. The molecule has 1 N–H and O–H groups in total. The third-order valence-corrected chi connectivity index (χ3v) is 7.55. The van der Waals surface area contributed by atoms with Crippen molar-refractivity contribution in [3.8, 4) is 11.5 Å². The van der Waals surface area contributed by atoms with Gasteiger partial charge in [-0.3, -0.25) is 9.59 Å². The van der Waals surface area contributed by atoms with Gasteiger partial charge in [-0.2, -0.15) is 0 Å². The molecular formula is C29H25N3O4. The van der Waals surface area contributed by atoms with Gasteiger partial charge in [0.25, 0.3) is 0 Å². The van der Waals surface area contributed by atoms with Crippen molar-refractivity contribution in [1.82, 2.24) is 14.8 Å². The molecule has 4 aromatic rings. The predicted octanol–water partition coefficient (Wildman–Crippen LogP) is 4.09. The molecule has 3 aliphatic rings. The summed E-state index contributed by atoms with van der Waals surface area (Å²) in [6.45, 7) is 2.64. The fraction of sp³-hybridized carbons (Fsp3) is 0.241. The number of carbonyl (C=O) groups is 2. The minimum atomic E-state index is -0.557. The molecule has 0 radical (unpaired) electrons. The number of rotatable bonds is 3. The number of para-hydroxylation sites is 1. The van der Waals surface area contributed by atoms with E-state index in [2.05, 4.69) is 41.4 Å². The zero-order chi connectivity index (χ0) is 24.4. The number of aromatic nitrogens is 1. The summed E-state index contributed by atoms with van der Waals surface area (Å²) in [5.74, 6) is 1.30. The Balaban J connectivity index is 1.29. The van der Waals surface area contributed by atoms with Crippen LogP contribution in [0.2, 0.25) is 0 Å². The lowest BCUT2D eigenvalue weighted by atomic mass is 9.86. The van der Waals surface area contributed by atoms with Gasteiger partial charge >= 0.3 is 0 Å². The Bertz CT molecular complexity index is 1520. The van der Waals surface area contributed by atoms with Crippen LogP contribution in [0.25, 0.3) is 10.9 Å². The van der Waals surface area contributed by atoms with Gasteiger partial charge in [0.15, 0.2) is 11.5 Å². The number of hydrogen-bond acceptors (Lipinski definition) is 4. The van der Waals surface area contributed by atoms with Crippen molar-refractivity contribution in [1.29, 1.82) is 0 Å². The maximum absolute atomic E-state index is 13.9. The molecular weight excluding hydrogens is 454 g/mol. The molecule has 3 aliphatic heterocycles. The minimum Gasteiger partial charge on any atom is -0.454 e. The molecule has 0 bridgehead atoms. The Morgan fingerprint density at radius 2 is 1.78 bits per heavy atom. The zero-order valence-corrected chi connectivity index (χ0v) is 19.9. The van der Waals surface area contributed by atoms with Crippen LogP contribution in [0.5, 0.6) is 11.5 Å². The van der Waals surface area contributed by atoms with Crippen molar-refractivity contribution in [3.63, 3.8) is 0 Å². The first-order chi connectivity index (χ1) is 17.6. The van der Waals surface area contributed by atoms with E-state index in [1.165, 1.54) is 0 Å². The van der Waals surface area contributed by atoms with Crippen LogP contribution in [-0.2, 0) is 22.6 Å². The number of nitrogens with one attached hydrogen (secondary N) is 1. The highest BCUT2D eigenvalue weighted by atomic mass is 16.7. The van der Waals surface area contributed by atoms with Crippen molar-refractivity contribution in [2.75, 3.05) is 13.3 Å². The van der Waals surface area contributed by atoms with Crippen molar-refractivity contribution < 1.29 is 19.1 Å². The Labute approximate surface area is 208 Å². The van der Waals surface area contributed by atoms with Gasteiger partial charge in [0.2, 0.25) is 18.6 Å². The molecule has 7 nitrogen and oxygen atoms in total. The summed E-state index contributed by atoms with van der Waals surface area (Å²) in [6.07, 6.45) is 0.490. The van der Waals surface area contributed by atoms with Gasteiger partial charge in [0.1, 0.15) is 12.6 Å². The van der Waals surface area contributed by atoms with Crippen molar-refractivity contribution in [2.24, 2.45) is 0 Å². The van der Waals surface area contributed by atoms with E-state index in [0.29, 0.717) is 24.5 Å². The Morgan fingerprint density at radius 1 is 0.972 bits per heavy atom. The number of amides is 2. The van der Waals surface area contributed by atoms with Crippen LogP contribution in [0.15, 0.2) is 66.7 Å². The Morgan fingerprint density at radius 3 is 2.64 bits per heavy atom. The van der Waals surface area contributed by atoms with Crippen LogP contribution in [0, 0.1) is 6.92 Å². The van der Waals surface area contributed by atoms with Gasteiger partial charge in [-0.1, -0.05) is 54.1 Å². The lowest BCUT2D eigenvalue weighted by Gasteiger charge is -2.47. The highest BCUT2D eigenvalue weighted by Crippen LogP contribution is 2.43. The molecule has 0 aliphatic carbocycles. The maximum Gasteiger partial charge on any atom is 0.246 e. The average Bonchev–Trinajstić information content (AvgIpc) is 3.50. The fourth-order valence-corrected chi connectivity index (χ4v) is 5.81. The third kappa shape index (κ3) is 3.19. The lowest BCUT2D eigenvalue weighted by Crippen LogP contribution is -2.62. The van der Waals surface area contributed by atoms with Crippen LogP contribution in [0.3, 0.4) is 0 Å². The zero-order valence-electron chi connectivity index (χ0n) is 19.9. The van der Waals surface area contributed by atoms with E-state index in [-0.39, 0.29) is 31.2 Å². The SMILES string of the molecule is Cc1ccc([C@H]2c3[nH]c4ccccc4c3C[C@H]3C(=O)N(Cc4ccc5c(c4)OCO5)CC(=O)N23)cc1. The predicted molar refractivity (Wildman–Crippen MR) is 134 cm³/mol. The Kier molecular flexibility index (Phi) is 4.61. The second-order valence-corrected chi connectivity index (χ2v) is 9.78. The van der Waals surface area contributed by atoms with Crippen LogP contribution in [-0.4, -0.2) is 46.0 Å². The topological polar surface area (TPSA) is 74.9 Å². The fourth-order valence-electron chi connectivity index (χ4n) is 5.81. The van der Waals surface area contributed by atoms with Crippen molar-refractivity contribution in [3.05, 3.63) is 94.7 Å². The molecule has 1 aromatic heterocycles. The van der Waals surface area contributed by atoms with Gasteiger partial charge in [0.05, 0.1) is 6.04 Å². The monoisotopic (exact) mass is 479 g/mol. The third-order valence-electron chi connectivity index (χ3n) is 7.55. The van der Waals surface area contributed by atoms with Gasteiger partial charge in [-0.15, -0.1) is 0 Å². The number of aryl methyl sites for hydroxylation is 1. The second kappa shape index (κ2) is 7.88. The molecule has 7 rings (SSSR count). The van der Waals surface area contributed by atoms with E-state index in [1.54, 1.807) is 9.80 Å². The summed E-state index contributed by atoms with van der Waals surface area (Å²) in [5.41, 5.74) is 6.21. The van der Waals surface area contributed by atoms with Crippen molar-refractivity contribution in [2.45, 2.75) is 32.0 Å². The summed E-state index contributed by atoms with van der Waals surface area (Å²) in [7, 11) is 0. The molecule has 1 saturated heterocycles. The number of ether oxygens (including phenoxy) is 2. The maximum atomic E-state index is 13.9. The molecule has 36 heavy (non-hydrogen) atoms. The normalized spacial score (nSPS) is 20.6. The first kappa shape index (κ1) is 21.1. The lowest BCUT2D eigenvalue weighted by molar-refractivity contribution is -0.159. The molecule has 180 valence electrons. The van der Waals surface area contributed by atoms with E-state index in [4.69, 9.17) is 9.47 Å².